The van der Waals surface area contributed by atoms with Crippen LogP contribution in [-0.2, 0) is 0 Å². The fraction of sp³-hybridized carbons (Fsp3) is 0.190. The van der Waals surface area contributed by atoms with E-state index in [1.54, 1.807) is 19.2 Å². The van der Waals surface area contributed by atoms with Crippen molar-refractivity contribution in [2.75, 3.05) is 7.11 Å². The minimum Gasteiger partial charge on any atom is -0.497 e. The molecule has 0 spiro atoms. The minimum atomic E-state index is -0.0884. The molecule has 0 N–H and O–H groups in total. The highest BCUT2D eigenvalue weighted by molar-refractivity contribution is 5.96. The summed E-state index contributed by atoms with van der Waals surface area (Å²) in [7, 11) is 1.61. The molecule has 3 nitrogen and oxygen atoms in total. The van der Waals surface area contributed by atoms with Gasteiger partial charge in [-0.05, 0) is 48.9 Å². The fourth-order valence-corrected chi connectivity index (χ4v) is 2.79. The van der Waals surface area contributed by atoms with Crippen LogP contribution in [0.25, 0.3) is 0 Å². The Labute approximate surface area is 141 Å². The molecule has 0 aliphatic carbocycles. The molecule has 0 saturated carbocycles. The van der Waals surface area contributed by atoms with Crippen molar-refractivity contribution >= 4 is 5.78 Å². The van der Waals surface area contributed by atoms with E-state index in [1.807, 2.05) is 61.5 Å². The second kappa shape index (κ2) is 7.18. The highest BCUT2D eigenvalue weighted by Crippen LogP contribution is 2.31. The number of furan rings is 1. The van der Waals surface area contributed by atoms with Crippen molar-refractivity contribution in [1.29, 1.82) is 0 Å². The third-order valence-electron chi connectivity index (χ3n) is 4.11. The van der Waals surface area contributed by atoms with Crippen LogP contribution in [0.15, 0.2) is 71.1 Å². The Hall–Kier alpha value is -2.81. The fourth-order valence-electron chi connectivity index (χ4n) is 2.79. The first-order valence-corrected chi connectivity index (χ1v) is 7.96. The van der Waals surface area contributed by atoms with Crippen LogP contribution in [0.2, 0.25) is 0 Å². The minimum absolute atomic E-state index is 0.0839. The van der Waals surface area contributed by atoms with Gasteiger partial charge in [-0.2, -0.15) is 0 Å². The van der Waals surface area contributed by atoms with E-state index in [0.717, 1.165) is 22.8 Å². The lowest BCUT2D eigenvalue weighted by Gasteiger charge is -2.15. The molecule has 0 radical (unpaired) electrons. The Bertz CT molecular complexity index is 801. The second-order valence-corrected chi connectivity index (χ2v) is 5.77. The Balaban J connectivity index is 1.87. The first-order valence-electron chi connectivity index (χ1n) is 7.96. The van der Waals surface area contributed by atoms with Crippen molar-refractivity contribution in [3.05, 3.63) is 89.4 Å². The van der Waals surface area contributed by atoms with Crippen LogP contribution in [0.5, 0.6) is 5.75 Å². The van der Waals surface area contributed by atoms with E-state index in [0.29, 0.717) is 12.0 Å². The summed E-state index contributed by atoms with van der Waals surface area (Å²) in [5.74, 6) is 2.41. The molecular formula is C21H20O3. The number of Topliss-reactive ketones (excluding diaryl/α,β-unsaturated/α-hetero) is 1. The molecule has 1 aromatic heterocycles. The number of hydrogen-bond donors (Lipinski definition) is 0. The van der Waals surface area contributed by atoms with Crippen molar-refractivity contribution in [3.8, 4) is 5.75 Å². The first-order chi connectivity index (χ1) is 11.7. The van der Waals surface area contributed by atoms with Crippen LogP contribution in [0.4, 0.5) is 0 Å². The van der Waals surface area contributed by atoms with Gasteiger partial charge in [0.05, 0.1) is 7.11 Å². The van der Waals surface area contributed by atoms with Gasteiger partial charge in [0.1, 0.15) is 17.3 Å². The average Bonchev–Trinajstić information content (AvgIpc) is 3.06. The number of hydrogen-bond acceptors (Lipinski definition) is 3. The molecule has 3 heteroatoms. The van der Waals surface area contributed by atoms with Crippen LogP contribution in [0.3, 0.4) is 0 Å². The SMILES string of the molecule is COc1ccc(C(=O)CC(c2ccccc2)c2ccc(C)o2)cc1. The Morgan fingerprint density at radius 1 is 1.00 bits per heavy atom. The zero-order valence-corrected chi connectivity index (χ0v) is 13.9. The zero-order chi connectivity index (χ0) is 16.9. The van der Waals surface area contributed by atoms with E-state index in [-0.39, 0.29) is 11.7 Å². The molecule has 0 amide bonds. The maximum atomic E-state index is 12.7. The van der Waals surface area contributed by atoms with Gasteiger partial charge in [0.15, 0.2) is 5.78 Å². The van der Waals surface area contributed by atoms with Crippen LogP contribution < -0.4 is 4.74 Å². The van der Waals surface area contributed by atoms with E-state index in [4.69, 9.17) is 9.15 Å². The maximum Gasteiger partial charge on any atom is 0.163 e. The molecule has 1 unspecified atom stereocenters. The molecule has 3 rings (SSSR count). The predicted molar refractivity (Wildman–Crippen MR) is 93.7 cm³/mol. The monoisotopic (exact) mass is 320 g/mol. The molecule has 0 aliphatic heterocycles. The van der Waals surface area contributed by atoms with Gasteiger partial charge >= 0.3 is 0 Å². The molecular weight excluding hydrogens is 300 g/mol. The van der Waals surface area contributed by atoms with Gasteiger partial charge in [-0.15, -0.1) is 0 Å². The summed E-state index contributed by atoms with van der Waals surface area (Å²) in [6.45, 7) is 1.91. The summed E-state index contributed by atoms with van der Waals surface area (Å²) < 4.78 is 10.9. The number of ether oxygens (including phenoxy) is 1. The summed E-state index contributed by atoms with van der Waals surface area (Å²) >= 11 is 0. The quantitative estimate of drug-likeness (QED) is 0.600. The molecule has 2 aromatic carbocycles. The standard InChI is InChI=1S/C21H20O3/c1-15-8-13-21(24-15)19(16-6-4-3-5-7-16)14-20(22)17-9-11-18(23-2)12-10-17/h3-13,19H,14H2,1-2H3. The first kappa shape index (κ1) is 16.1. The maximum absolute atomic E-state index is 12.7. The lowest BCUT2D eigenvalue weighted by Crippen LogP contribution is -2.08. The smallest absolute Gasteiger partial charge is 0.163 e. The Morgan fingerprint density at radius 2 is 1.71 bits per heavy atom. The summed E-state index contributed by atoms with van der Waals surface area (Å²) in [6.07, 6.45) is 0.364. The van der Waals surface area contributed by atoms with Crippen molar-refractivity contribution < 1.29 is 13.9 Å². The highest BCUT2D eigenvalue weighted by Gasteiger charge is 2.22. The molecule has 0 bridgehead atoms. The van der Waals surface area contributed by atoms with E-state index in [2.05, 4.69) is 0 Å². The van der Waals surface area contributed by atoms with Crippen LogP contribution in [-0.4, -0.2) is 12.9 Å². The average molecular weight is 320 g/mol. The van der Waals surface area contributed by atoms with Crippen molar-refractivity contribution in [2.45, 2.75) is 19.3 Å². The van der Waals surface area contributed by atoms with Crippen LogP contribution >= 0.6 is 0 Å². The van der Waals surface area contributed by atoms with Crippen molar-refractivity contribution in [2.24, 2.45) is 0 Å². The van der Waals surface area contributed by atoms with Crippen molar-refractivity contribution in [3.63, 3.8) is 0 Å². The Morgan fingerprint density at radius 3 is 2.29 bits per heavy atom. The van der Waals surface area contributed by atoms with E-state index in [1.165, 1.54) is 0 Å². The molecule has 1 atom stereocenters. The number of rotatable bonds is 6. The second-order valence-electron chi connectivity index (χ2n) is 5.77. The van der Waals surface area contributed by atoms with Gasteiger partial charge in [0.2, 0.25) is 0 Å². The van der Waals surface area contributed by atoms with Crippen molar-refractivity contribution in [1.82, 2.24) is 0 Å². The van der Waals surface area contributed by atoms with Gasteiger partial charge in [-0.3, -0.25) is 4.79 Å². The van der Waals surface area contributed by atoms with Crippen LogP contribution in [0, 0.1) is 6.92 Å². The lowest BCUT2D eigenvalue weighted by atomic mass is 9.89. The molecule has 3 aromatic rings. The molecule has 122 valence electrons. The number of methoxy groups -OCH3 is 1. The summed E-state index contributed by atoms with van der Waals surface area (Å²) in [5.41, 5.74) is 1.76. The topological polar surface area (TPSA) is 39.4 Å². The predicted octanol–water partition coefficient (Wildman–Crippen LogP) is 5.00. The molecule has 24 heavy (non-hydrogen) atoms. The number of aryl methyl sites for hydroxylation is 1. The number of carbonyl (C=O) groups excluding carboxylic acids is 1. The van der Waals surface area contributed by atoms with E-state index < -0.39 is 0 Å². The van der Waals surface area contributed by atoms with Gasteiger partial charge in [-0.25, -0.2) is 0 Å². The molecule has 1 heterocycles. The van der Waals surface area contributed by atoms with Crippen LogP contribution in [0.1, 0.15) is 39.8 Å². The third-order valence-corrected chi connectivity index (χ3v) is 4.11. The summed E-state index contributed by atoms with van der Waals surface area (Å²) in [4.78, 5) is 12.7. The van der Waals surface area contributed by atoms with E-state index in [9.17, 15) is 4.79 Å². The lowest BCUT2D eigenvalue weighted by molar-refractivity contribution is 0.0975. The summed E-state index contributed by atoms with van der Waals surface area (Å²) in [6, 6.07) is 21.1. The van der Waals surface area contributed by atoms with Gasteiger partial charge < -0.3 is 9.15 Å². The van der Waals surface area contributed by atoms with E-state index >= 15 is 0 Å². The largest absolute Gasteiger partial charge is 0.497 e. The zero-order valence-electron chi connectivity index (χ0n) is 13.9. The molecule has 0 fully saturated rings. The Kier molecular flexibility index (Phi) is 4.80. The highest BCUT2D eigenvalue weighted by atomic mass is 16.5. The molecule has 0 aliphatic rings. The number of benzene rings is 2. The molecule has 0 saturated heterocycles. The van der Waals surface area contributed by atoms with Gasteiger partial charge in [0.25, 0.3) is 0 Å². The third kappa shape index (κ3) is 3.57. The normalized spacial score (nSPS) is 11.9. The summed E-state index contributed by atoms with van der Waals surface area (Å²) in [5, 5.41) is 0. The number of ketones is 1. The van der Waals surface area contributed by atoms with Gasteiger partial charge in [-0.1, -0.05) is 30.3 Å². The number of carbonyl (C=O) groups is 1. The van der Waals surface area contributed by atoms with Gasteiger partial charge in [0, 0.05) is 17.9 Å².